The van der Waals surface area contributed by atoms with Crippen LogP contribution < -0.4 is 20.2 Å². The van der Waals surface area contributed by atoms with Crippen molar-refractivity contribution >= 4 is 29.6 Å². The summed E-state index contributed by atoms with van der Waals surface area (Å²) in [6.07, 6.45) is 1.96. The highest BCUT2D eigenvalue weighted by Gasteiger charge is 2.22. The van der Waals surface area contributed by atoms with Crippen LogP contribution in [-0.2, 0) is 16.2 Å². The third kappa shape index (κ3) is 8.95. The van der Waals surface area contributed by atoms with Crippen molar-refractivity contribution < 1.29 is 19.1 Å². The zero-order chi connectivity index (χ0) is 26.6. The number of carbonyl (C=O) groups is 2. The van der Waals surface area contributed by atoms with Gasteiger partial charge in [-0.3, -0.25) is 9.59 Å². The lowest BCUT2D eigenvalue weighted by Crippen LogP contribution is -2.47. The van der Waals surface area contributed by atoms with Gasteiger partial charge in [0, 0.05) is 16.1 Å². The molecular formula is C29H32ClN3O4. The van der Waals surface area contributed by atoms with Crippen LogP contribution in [0.25, 0.3) is 0 Å². The molecular weight excluding hydrogens is 490 g/mol. The van der Waals surface area contributed by atoms with Crippen LogP contribution in [0.1, 0.15) is 37.0 Å². The third-order valence-corrected chi connectivity index (χ3v) is 5.82. The van der Waals surface area contributed by atoms with Crippen LogP contribution >= 0.6 is 11.6 Å². The highest BCUT2D eigenvalue weighted by molar-refractivity contribution is 6.31. The Morgan fingerprint density at radius 3 is 2.35 bits per heavy atom. The van der Waals surface area contributed by atoms with Gasteiger partial charge in [0.1, 0.15) is 24.1 Å². The fourth-order valence-corrected chi connectivity index (χ4v) is 3.72. The van der Waals surface area contributed by atoms with Crippen LogP contribution in [0.2, 0.25) is 5.02 Å². The first-order chi connectivity index (χ1) is 17.8. The van der Waals surface area contributed by atoms with E-state index in [-0.39, 0.29) is 18.4 Å². The van der Waals surface area contributed by atoms with E-state index >= 15 is 0 Å². The van der Waals surface area contributed by atoms with E-state index in [0.29, 0.717) is 35.1 Å². The number of halogens is 1. The van der Waals surface area contributed by atoms with E-state index in [4.69, 9.17) is 21.1 Å². The number of aryl methyl sites for hydroxylation is 1. The summed E-state index contributed by atoms with van der Waals surface area (Å²) in [6.45, 7) is 5.97. The van der Waals surface area contributed by atoms with Gasteiger partial charge in [0.05, 0.1) is 6.21 Å². The van der Waals surface area contributed by atoms with Gasteiger partial charge in [-0.25, -0.2) is 5.43 Å². The van der Waals surface area contributed by atoms with Crippen molar-refractivity contribution in [3.05, 3.63) is 94.5 Å². The molecule has 3 rings (SSSR count). The summed E-state index contributed by atoms with van der Waals surface area (Å²) in [5, 5.41) is 7.49. The molecule has 194 valence electrons. The second-order valence-corrected chi connectivity index (χ2v) is 9.36. The number of hydrazone groups is 1. The molecule has 0 aliphatic heterocycles. The predicted octanol–water partition coefficient (Wildman–Crippen LogP) is 5.29. The number of hydrogen-bond acceptors (Lipinski definition) is 5. The van der Waals surface area contributed by atoms with Gasteiger partial charge < -0.3 is 14.8 Å². The van der Waals surface area contributed by atoms with Gasteiger partial charge in [0.2, 0.25) is 0 Å². The van der Waals surface area contributed by atoms with Crippen molar-refractivity contribution in [2.45, 2.75) is 39.8 Å². The van der Waals surface area contributed by atoms with Crippen molar-refractivity contribution in [2.24, 2.45) is 11.0 Å². The van der Waals surface area contributed by atoms with E-state index in [2.05, 4.69) is 15.8 Å². The molecule has 0 saturated carbocycles. The normalized spacial score (nSPS) is 11.8. The molecule has 7 nitrogen and oxygen atoms in total. The van der Waals surface area contributed by atoms with E-state index in [0.717, 1.165) is 11.1 Å². The minimum atomic E-state index is -0.753. The molecule has 0 aromatic heterocycles. The lowest BCUT2D eigenvalue weighted by molar-refractivity contribution is -0.130. The van der Waals surface area contributed by atoms with Gasteiger partial charge in [-0.05, 0) is 49.1 Å². The molecule has 2 N–H and O–H groups in total. The van der Waals surface area contributed by atoms with E-state index in [1.54, 1.807) is 6.07 Å². The molecule has 0 aliphatic rings. The average molecular weight is 522 g/mol. The van der Waals surface area contributed by atoms with Crippen LogP contribution in [-0.4, -0.2) is 30.7 Å². The smallest absolute Gasteiger partial charge is 0.262 e. The van der Waals surface area contributed by atoms with Crippen molar-refractivity contribution in [1.82, 2.24) is 10.7 Å². The summed E-state index contributed by atoms with van der Waals surface area (Å²) < 4.78 is 11.5. The summed E-state index contributed by atoms with van der Waals surface area (Å²) >= 11 is 6.22. The lowest BCUT2D eigenvalue weighted by atomic mass is 10.0. The quantitative estimate of drug-likeness (QED) is 0.250. The van der Waals surface area contributed by atoms with Crippen LogP contribution in [0, 0.1) is 12.8 Å². The number of nitrogens with zero attached hydrogens (tertiary/aromatic N) is 1. The third-order valence-electron chi connectivity index (χ3n) is 5.45. The van der Waals surface area contributed by atoms with Gasteiger partial charge >= 0.3 is 0 Å². The van der Waals surface area contributed by atoms with Crippen LogP contribution in [0.3, 0.4) is 0 Å². The summed E-state index contributed by atoms with van der Waals surface area (Å²) in [5.74, 6) is 0.606. The highest BCUT2D eigenvalue weighted by Crippen LogP contribution is 2.21. The van der Waals surface area contributed by atoms with Crippen LogP contribution in [0.15, 0.2) is 77.9 Å². The summed E-state index contributed by atoms with van der Waals surface area (Å²) in [5.41, 5.74) is 5.01. The Morgan fingerprint density at radius 1 is 0.946 bits per heavy atom. The maximum absolute atomic E-state index is 12.8. The molecule has 3 aromatic rings. The molecule has 0 aliphatic carbocycles. The first kappa shape index (κ1) is 27.7. The van der Waals surface area contributed by atoms with E-state index < -0.39 is 11.9 Å². The second kappa shape index (κ2) is 14.0. The number of benzene rings is 3. The standard InChI is InChI=1S/C29H32ClN3O4/c1-20(2)16-25(32-28(34)19-37-26-14-8-4-10-21(26)3)29(35)33-31-17-22-11-6-9-15-27(22)36-18-23-12-5-7-13-24(23)30/h4-15,17,20,25H,16,18-19H2,1-3H3,(H,32,34)(H,33,35)/b31-17-/t25-/m0/s1. The van der Waals surface area contributed by atoms with Crippen molar-refractivity contribution in [3.8, 4) is 11.5 Å². The molecule has 8 heteroatoms. The Balaban J connectivity index is 1.58. The average Bonchev–Trinajstić information content (AvgIpc) is 2.87. The Bertz CT molecular complexity index is 1230. The SMILES string of the molecule is Cc1ccccc1OCC(=O)N[C@@H](CC(C)C)C(=O)N/N=C\c1ccccc1OCc1ccccc1Cl. The molecule has 0 heterocycles. The van der Waals surface area contributed by atoms with Gasteiger partial charge in [0.25, 0.3) is 11.8 Å². The lowest BCUT2D eigenvalue weighted by Gasteiger charge is -2.19. The number of ether oxygens (including phenoxy) is 2. The minimum Gasteiger partial charge on any atom is -0.488 e. The molecule has 0 bridgehead atoms. The molecule has 0 saturated heterocycles. The fraction of sp³-hybridized carbons (Fsp3) is 0.276. The number of rotatable bonds is 12. The maximum atomic E-state index is 12.8. The largest absolute Gasteiger partial charge is 0.488 e. The molecule has 1 atom stereocenters. The predicted molar refractivity (Wildman–Crippen MR) is 146 cm³/mol. The minimum absolute atomic E-state index is 0.177. The molecule has 2 amide bonds. The zero-order valence-electron chi connectivity index (χ0n) is 21.2. The van der Waals surface area contributed by atoms with E-state index in [9.17, 15) is 9.59 Å². The van der Waals surface area contributed by atoms with Crippen molar-refractivity contribution in [3.63, 3.8) is 0 Å². The zero-order valence-corrected chi connectivity index (χ0v) is 22.0. The monoisotopic (exact) mass is 521 g/mol. The van der Waals surface area contributed by atoms with Crippen molar-refractivity contribution in [2.75, 3.05) is 6.61 Å². The van der Waals surface area contributed by atoms with E-state index in [1.165, 1.54) is 6.21 Å². The topological polar surface area (TPSA) is 89.0 Å². The molecule has 0 radical (unpaired) electrons. The Labute approximate surface area is 222 Å². The van der Waals surface area contributed by atoms with E-state index in [1.807, 2.05) is 87.5 Å². The second-order valence-electron chi connectivity index (χ2n) is 8.96. The fourth-order valence-electron chi connectivity index (χ4n) is 3.53. The molecule has 0 spiro atoms. The van der Waals surface area contributed by atoms with Crippen molar-refractivity contribution in [1.29, 1.82) is 0 Å². The van der Waals surface area contributed by atoms with Gasteiger partial charge in [-0.15, -0.1) is 0 Å². The Kier molecular flexibility index (Phi) is 10.5. The Hall–Kier alpha value is -3.84. The molecule has 37 heavy (non-hydrogen) atoms. The summed E-state index contributed by atoms with van der Waals surface area (Å²) in [7, 11) is 0. The van der Waals surface area contributed by atoms with Gasteiger partial charge in [0.15, 0.2) is 6.61 Å². The first-order valence-corrected chi connectivity index (χ1v) is 12.5. The van der Waals surface area contributed by atoms with Gasteiger partial charge in [-0.2, -0.15) is 5.10 Å². The van der Waals surface area contributed by atoms with Crippen LogP contribution in [0.4, 0.5) is 0 Å². The Morgan fingerprint density at radius 2 is 1.62 bits per heavy atom. The summed E-state index contributed by atoms with van der Waals surface area (Å²) in [6, 6.07) is 21.5. The number of carbonyl (C=O) groups excluding carboxylic acids is 2. The number of nitrogens with one attached hydrogen (secondary N) is 2. The maximum Gasteiger partial charge on any atom is 0.262 e. The van der Waals surface area contributed by atoms with Crippen LogP contribution in [0.5, 0.6) is 11.5 Å². The number of hydrogen-bond donors (Lipinski definition) is 2. The molecule has 0 unspecified atom stereocenters. The first-order valence-electron chi connectivity index (χ1n) is 12.1. The number of amides is 2. The summed E-state index contributed by atoms with van der Waals surface area (Å²) in [4.78, 5) is 25.3. The molecule has 3 aromatic carbocycles. The van der Waals surface area contributed by atoms with Gasteiger partial charge in [-0.1, -0.05) is 74.0 Å². The molecule has 0 fully saturated rings. The number of para-hydroxylation sites is 2. The highest BCUT2D eigenvalue weighted by atomic mass is 35.5.